The van der Waals surface area contributed by atoms with E-state index < -0.39 is 0 Å². The van der Waals surface area contributed by atoms with E-state index in [2.05, 4.69) is 10.2 Å². The number of hydrogen-bond donors (Lipinski definition) is 1. The molecule has 0 aliphatic heterocycles. The Bertz CT molecular complexity index is 232. The molecule has 0 saturated heterocycles. The van der Waals surface area contributed by atoms with Gasteiger partial charge in [-0.3, -0.25) is 0 Å². The molecule has 0 heterocycles. The average Bonchev–Trinajstić information content (AvgIpc) is 2.07. The fourth-order valence-corrected chi connectivity index (χ4v) is 0.699. The van der Waals surface area contributed by atoms with Crippen molar-refractivity contribution in [2.24, 2.45) is 5.34 Å². The van der Waals surface area contributed by atoms with Gasteiger partial charge < -0.3 is 9.94 Å². The summed E-state index contributed by atoms with van der Waals surface area (Å²) < 4.78 is 0. The van der Waals surface area contributed by atoms with E-state index in [1.807, 2.05) is 0 Å². The second-order valence-electron chi connectivity index (χ2n) is 1.97. The summed E-state index contributed by atoms with van der Waals surface area (Å²) in [7, 11) is 0. The standard InChI is InChI=1S/C7H7NO3/c9-5-6-1-3-7(4-2-6)11-8-10/h1-4,9H,5H2. The molecule has 58 valence electrons. The van der Waals surface area contributed by atoms with Gasteiger partial charge in [0.2, 0.25) is 0 Å². The van der Waals surface area contributed by atoms with Gasteiger partial charge in [-0.05, 0) is 17.7 Å². The van der Waals surface area contributed by atoms with E-state index in [1.54, 1.807) is 24.3 Å². The highest BCUT2D eigenvalue weighted by Gasteiger charge is 1.92. The maximum atomic E-state index is 9.61. The predicted molar refractivity (Wildman–Crippen MR) is 38.8 cm³/mol. The molecule has 0 aliphatic rings. The molecule has 1 aromatic carbocycles. The van der Waals surface area contributed by atoms with Gasteiger partial charge in [-0.25, -0.2) is 0 Å². The summed E-state index contributed by atoms with van der Waals surface area (Å²) in [5.41, 5.74) is 0.767. The minimum Gasteiger partial charge on any atom is -0.392 e. The molecule has 0 aliphatic carbocycles. The Morgan fingerprint density at radius 1 is 1.36 bits per heavy atom. The van der Waals surface area contributed by atoms with E-state index in [0.29, 0.717) is 5.75 Å². The Morgan fingerprint density at radius 3 is 2.45 bits per heavy atom. The number of rotatable bonds is 3. The summed E-state index contributed by atoms with van der Waals surface area (Å²) in [5, 5.41) is 10.9. The van der Waals surface area contributed by atoms with Crippen LogP contribution in [0.2, 0.25) is 0 Å². The summed E-state index contributed by atoms with van der Waals surface area (Å²) in [6, 6.07) is 6.43. The van der Waals surface area contributed by atoms with Crippen LogP contribution in [0.5, 0.6) is 5.75 Å². The topological polar surface area (TPSA) is 58.9 Å². The van der Waals surface area contributed by atoms with Crippen molar-refractivity contribution in [3.05, 3.63) is 34.7 Å². The molecule has 0 spiro atoms. The van der Waals surface area contributed by atoms with Gasteiger partial charge in [0, 0.05) is 0 Å². The maximum Gasteiger partial charge on any atom is 0.161 e. The molecule has 0 atom stereocenters. The summed E-state index contributed by atoms with van der Waals surface area (Å²) in [6.45, 7) is -0.0190. The first-order valence-corrected chi connectivity index (χ1v) is 3.06. The lowest BCUT2D eigenvalue weighted by molar-refractivity contribution is 0.281. The van der Waals surface area contributed by atoms with Crippen molar-refractivity contribution in [3.63, 3.8) is 0 Å². The molecule has 0 radical (unpaired) electrons. The van der Waals surface area contributed by atoms with Gasteiger partial charge in [-0.2, -0.15) is 0 Å². The molecule has 1 rings (SSSR count). The molecule has 4 heteroatoms. The number of benzene rings is 1. The summed E-state index contributed by atoms with van der Waals surface area (Å²) in [5.74, 6) is 0.372. The highest BCUT2D eigenvalue weighted by atomic mass is 16.7. The van der Waals surface area contributed by atoms with E-state index in [9.17, 15) is 4.91 Å². The molecule has 0 saturated carbocycles. The van der Waals surface area contributed by atoms with E-state index in [1.165, 1.54) is 0 Å². The van der Waals surface area contributed by atoms with E-state index >= 15 is 0 Å². The smallest absolute Gasteiger partial charge is 0.161 e. The third kappa shape index (κ3) is 2.01. The number of hydrogen-bond acceptors (Lipinski definition) is 4. The van der Waals surface area contributed by atoms with Gasteiger partial charge in [-0.15, -0.1) is 4.91 Å². The molecule has 0 bridgehead atoms. The van der Waals surface area contributed by atoms with Crippen LogP contribution in [0.4, 0.5) is 0 Å². The molecular formula is C7H7NO3. The summed E-state index contributed by atoms with van der Waals surface area (Å²) >= 11 is 0. The first-order chi connectivity index (χ1) is 5.36. The first-order valence-electron chi connectivity index (χ1n) is 3.06. The third-order valence-electron chi connectivity index (χ3n) is 1.25. The SMILES string of the molecule is O=NOc1ccc(CO)cc1. The Balaban J connectivity index is 2.74. The summed E-state index contributed by atoms with van der Waals surface area (Å²) in [6.07, 6.45) is 0. The van der Waals surface area contributed by atoms with Crippen LogP contribution in [0.3, 0.4) is 0 Å². The zero-order chi connectivity index (χ0) is 8.10. The maximum absolute atomic E-state index is 9.61. The van der Waals surface area contributed by atoms with Gasteiger partial charge in [0.25, 0.3) is 0 Å². The van der Waals surface area contributed by atoms with Gasteiger partial charge in [0.15, 0.2) is 11.1 Å². The lowest BCUT2D eigenvalue weighted by Gasteiger charge is -1.96. The van der Waals surface area contributed by atoms with Crippen LogP contribution in [-0.2, 0) is 6.61 Å². The Morgan fingerprint density at radius 2 is 2.00 bits per heavy atom. The molecule has 11 heavy (non-hydrogen) atoms. The van der Waals surface area contributed by atoms with Gasteiger partial charge in [0.1, 0.15) is 0 Å². The number of aliphatic hydroxyl groups excluding tert-OH is 1. The Labute approximate surface area is 63.4 Å². The van der Waals surface area contributed by atoms with Crippen LogP contribution in [0.15, 0.2) is 29.6 Å². The van der Waals surface area contributed by atoms with E-state index in [4.69, 9.17) is 5.11 Å². The van der Waals surface area contributed by atoms with Crippen molar-refractivity contribution >= 4 is 0 Å². The van der Waals surface area contributed by atoms with Crippen LogP contribution >= 0.6 is 0 Å². The molecule has 1 N–H and O–H groups in total. The minimum atomic E-state index is -0.0190. The second-order valence-corrected chi connectivity index (χ2v) is 1.97. The lowest BCUT2D eigenvalue weighted by Crippen LogP contribution is -1.83. The molecular weight excluding hydrogens is 146 g/mol. The van der Waals surface area contributed by atoms with Gasteiger partial charge in [-0.1, -0.05) is 12.1 Å². The predicted octanol–water partition coefficient (Wildman–Crippen LogP) is 1.24. The molecule has 0 aromatic heterocycles. The quantitative estimate of drug-likeness (QED) is 0.525. The lowest BCUT2D eigenvalue weighted by atomic mass is 10.2. The number of aliphatic hydroxyl groups is 1. The number of nitrogens with zero attached hydrogens (tertiary/aromatic N) is 1. The normalized spacial score (nSPS) is 9.18. The highest BCUT2D eigenvalue weighted by Crippen LogP contribution is 2.11. The van der Waals surface area contributed by atoms with E-state index in [0.717, 1.165) is 5.56 Å². The van der Waals surface area contributed by atoms with Crippen molar-refractivity contribution in [1.82, 2.24) is 0 Å². The fourth-order valence-electron chi connectivity index (χ4n) is 0.699. The minimum absolute atomic E-state index is 0.0190. The average molecular weight is 153 g/mol. The van der Waals surface area contributed by atoms with Crippen LogP contribution in [-0.4, -0.2) is 5.11 Å². The zero-order valence-corrected chi connectivity index (χ0v) is 5.73. The Hall–Kier alpha value is -1.42. The highest BCUT2D eigenvalue weighted by molar-refractivity contribution is 5.26. The third-order valence-corrected chi connectivity index (χ3v) is 1.25. The first kappa shape index (κ1) is 7.68. The molecule has 0 amide bonds. The van der Waals surface area contributed by atoms with Crippen LogP contribution in [0.1, 0.15) is 5.56 Å². The van der Waals surface area contributed by atoms with Crippen molar-refractivity contribution in [2.45, 2.75) is 6.61 Å². The molecule has 1 aromatic rings. The molecule has 0 unspecified atom stereocenters. The van der Waals surface area contributed by atoms with Crippen LogP contribution in [0, 0.1) is 4.91 Å². The molecule has 0 fully saturated rings. The molecule has 4 nitrogen and oxygen atoms in total. The van der Waals surface area contributed by atoms with E-state index in [-0.39, 0.29) is 6.61 Å². The summed E-state index contributed by atoms with van der Waals surface area (Å²) in [4.78, 5) is 13.9. The zero-order valence-electron chi connectivity index (χ0n) is 5.73. The van der Waals surface area contributed by atoms with Crippen LogP contribution < -0.4 is 4.84 Å². The Kier molecular flexibility index (Phi) is 2.57. The van der Waals surface area contributed by atoms with Gasteiger partial charge in [0.05, 0.1) is 6.61 Å². The fraction of sp³-hybridized carbons (Fsp3) is 0.143. The van der Waals surface area contributed by atoms with Crippen molar-refractivity contribution in [2.75, 3.05) is 0 Å². The van der Waals surface area contributed by atoms with Crippen molar-refractivity contribution in [1.29, 1.82) is 0 Å². The largest absolute Gasteiger partial charge is 0.392 e. The van der Waals surface area contributed by atoms with Crippen molar-refractivity contribution < 1.29 is 9.94 Å². The second kappa shape index (κ2) is 3.68. The monoisotopic (exact) mass is 153 g/mol. The van der Waals surface area contributed by atoms with Crippen LogP contribution in [0.25, 0.3) is 0 Å². The van der Waals surface area contributed by atoms with Gasteiger partial charge >= 0.3 is 0 Å². The van der Waals surface area contributed by atoms with Crippen molar-refractivity contribution in [3.8, 4) is 5.75 Å².